The molecule has 1 heterocycles. The second kappa shape index (κ2) is 5.35. The van der Waals surface area contributed by atoms with Gasteiger partial charge >= 0.3 is 0 Å². The van der Waals surface area contributed by atoms with Crippen LogP contribution in [0, 0.1) is 13.8 Å². The maximum absolute atomic E-state index is 4.02. The van der Waals surface area contributed by atoms with E-state index in [-0.39, 0.29) is 0 Å². The Hall–Kier alpha value is -0.440. The SMILES string of the molecule is CCC.Cc1nsc(C)n1. The van der Waals surface area contributed by atoms with Gasteiger partial charge in [-0.25, -0.2) is 4.98 Å². The van der Waals surface area contributed by atoms with Crippen molar-refractivity contribution in [2.24, 2.45) is 0 Å². The summed E-state index contributed by atoms with van der Waals surface area (Å²) in [5.41, 5.74) is 0. The molecule has 10 heavy (non-hydrogen) atoms. The first-order chi connectivity index (χ1) is 4.70. The van der Waals surface area contributed by atoms with E-state index < -0.39 is 0 Å². The van der Waals surface area contributed by atoms with Gasteiger partial charge in [0.25, 0.3) is 0 Å². The van der Waals surface area contributed by atoms with Crippen LogP contribution in [0.15, 0.2) is 0 Å². The molecule has 0 atom stereocenters. The van der Waals surface area contributed by atoms with Crippen LogP contribution in [0.25, 0.3) is 0 Å². The highest BCUT2D eigenvalue weighted by Crippen LogP contribution is 1.98. The van der Waals surface area contributed by atoms with Crippen molar-refractivity contribution in [3.05, 3.63) is 10.8 Å². The summed E-state index contributed by atoms with van der Waals surface area (Å²) in [6.07, 6.45) is 1.25. The van der Waals surface area contributed by atoms with E-state index in [1.165, 1.54) is 18.0 Å². The third-order valence-electron chi connectivity index (χ3n) is 0.629. The molecule has 0 aliphatic rings. The highest BCUT2D eigenvalue weighted by Gasteiger charge is 1.88. The molecule has 1 aromatic rings. The second-order valence-corrected chi connectivity index (χ2v) is 3.02. The Morgan fingerprint density at radius 2 is 1.80 bits per heavy atom. The summed E-state index contributed by atoms with van der Waals surface area (Å²) in [4.78, 5) is 4.02. The van der Waals surface area contributed by atoms with E-state index >= 15 is 0 Å². The number of nitrogens with zero attached hydrogens (tertiary/aromatic N) is 2. The fraction of sp³-hybridized carbons (Fsp3) is 0.714. The van der Waals surface area contributed by atoms with Crippen LogP contribution in [0.5, 0.6) is 0 Å². The summed E-state index contributed by atoms with van der Waals surface area (Å²) >= 11 is 1.44. The number of hydrogen-bond acceptors (Lipinski definition) is 3. The van der Waals surface area contributed by atoms with Crippen molar-refractivity contribution in [3.63, 3.8) is 0 Å². The predicted molar refractivity (Wildman–Crippen MR) is 45.3 cm³/mol. The molecule has 0 aromatic carbocycles. The van der Waals surface area contributed by atoms with Crippen LogP contribution in [0.1, 0.15) is 31.1 Å². The van der Waals surface area contributed by atoms with Crippen molar-refractivity contribution in [1.82, 2.24) is 9.36 Å². The van der Waals surface area contributed by atoms with Crippen LogP contribution in [-0.4, -0.2) is 9.36 Å². The summed E-state index contributed by atoms with van der Waals surface area (Å²) in [7, 11) is 0. The zero-order chi connectivity index (χ0) is 7.98. The van der Waals surface area contributed by atoms with Gasteiger partial charge in [-0.05, 0) is 25.4 Å². The minimum atomic E-state index is 0.877. The molecular weight excluding hydrogens is 144 g/mol. The first-order valence-corrected chi connectivity index (χ1v) is 4.25. The number of aromatic nitrogens is 2. The van der Waals surface area contributed by atoms with Gasteiger partial charge in [0.05, 0.1) is 0 Å². The van der Waals surface area contributed by atoms with Gasteiger partial charge in [0, 0.05) is 0 Å². The van der Waals surface area contributed by atoms with Gasteiger partial charge in [-0.15, -0.1) is 0 Å². The zero-order valence-electron chi connectivity index (χ0n) is 7.01. The van der Waals surface area contributed by atoms with Gasteiger partial charge in [0.2, 0.25) is 0 Å². The quantitative estimate of drug-likeness (QED) is 0.580. The van der Waals surface area contributed by atoms with Crippen LogP contribution in [-0.2, 0) is 0 Å². The van der Waals surface area contributed by atoms with E-state index in [4.69, 9.17) is 0 Å². The summed E-state index contributed by atoms with van der Waals surface area (Å²) in [5, 5.41) is 1.04. The van der Waals surface area contributed by atoms with E-state index in [2.05, 4.69) is 23.2 Å². The molecule has 0 spiro atoms. The first kappa shape index (κ1) is 9.56. The van der Waals surface area contributed by atoms with Crippen molar-refractivity contribution in [2.45, 2.75) is 34.1 Å². The Kier molecular flexibility index (Phi) is 5.12. The lowest BCUT2D eigenvalue weighted by molar-refractivity contribution is 1.09. The molecule has 0 aliphatic carbocycles. The molecule has 0 fully saturated rings. The molecule has 0 saturated heterocycles. The largest absolute Gasteiger partial charge is 0.225 e. The van der Waals surface area contributed by atoms with Crippen LogP contribution >= 0.6 is 11.5 Å². The lowest BCUT2D eigenvalue weighted by Crippen LogP contribution is -1.70. The fourth-order valence-corrected chi connectivity index (χ4v) is 0.879. The topological polar surface area (TPSA) is 25.8 Å². The lowest BCUT2D eigenvalue weighted by atomic mass is 10.6. The van der Waals surface area contributed by atoms with Crippen LogP contribution in [0.3, 0.4) is 0 Å². The lowest BCUT2D eigenvalue weighted by Gasteiger charge is -1.67. The molecule has 2 nitrogen and oxygen atoms in total. The zero-order valence-corrected chi connectivity index (χ0v) is 7.83. The van der Waals surface area contributed by atoms with Crippen molar-refractivity contribution in [3.8, 4) is 0 Å². The molecule has 0 saturated carbocycles. The third kappa shape index (κ3) is 4.44. The summed E-state index contributed by atoms with van der Waals surface area (Å²) in [6.45, 7) is 8.09. The molecule has 0 aliphatic heterocycles. The molecule has 0 bridgehead atoms. The molecule has 1 aromatic heterocycles. The van der Waals surface area contributed by atoms with Crippen molar-refractivity contribution in [2.75, 3.05) is 0 Å². The predicted octanol–water partition coefficient (Wildman–Crippen LogP) is 2.57. The van der Waals surface area contributed by atoms with E-state index in [1.54, 1.807) is 0 Å². The molecule has 58 valence electrons. The highest BCUT2D eigenvalue weighted by molar-refractivity contribution is 7.05. The highest BCUT2D eigenvalue weighted by atomic mass is 32.1. The molecule has 1 rings (SSSR count). The number of rotatable bonds is 0. The molecule has 3 heteroatoms. The smallest absolute Gasteiger partial charge is 0.139 e. The Bertz CT molecular complexity index is 155. The van der Waals surface area contributed by atoms with Crippen LogP contribution in [0.2, 0.25) is 0 Å². The minimum Gasteiger partial charge on any atom is -0.225 e. The number of aryl methyl sites for hydroxylation is 2. The van der Waals surface area contributed by atoms with Gasteiger partial charge < -0.3 is 0 Å². The van der Waals surface area contributed by atoms with Crippen molar-refractivity contribution in [1.29, 1.82) is 0 Å². The van der Waals surface area contributed by atoms with Crippen molar-refractivity contribution < 1.29 is 0 Å². The van der Waals surface area contributed by atoms with Gasteiger partial charge in [-0.3, -0.25) is 0 Å². The van der Waals surface area contributed by atoms with Gasteiger partial charge in [-0.1, -0.05) is 20.3 Å². The Labute approximate surface area is 66.5 Å². The average Bonchev–Trinajstić information content (AvgIpc) is 2.17. The summed E-state index contributed by atoms with van der Waals surface area (Å²) in [6, 6.07) is 0. The Balaban J connectivity index is 0.000000236. The monoisotopic (exact) mass is 158 g/mol. The fourth-order valence-electron chi connectivity index (χ4n) is 0.401. The van der Waals surface area contributed by atoms with Crippen LogP contribution < -0.4 is 0 Å². The second-order valence-electron chi connectivity index (χ2n) is 2.07. The number of hydrogen-bond donors (Lipinski definition) is 0. The minimum absolute atomic E-state index is 0.877. The van der Waals surface area contributed by atoms with E-state index in [9.17, 15) is 0 Å². The van der Waals surface area contributed by atoms with E-state index in [0.29, 0.717) is 0 Å². The van der Waals surface area contributed by atoms with Gasteiger partial charge in [-0.2, -0.15) is 4.37 Å². The molecule has 0 N–H and O–H groups in total. The third-order valence-corrected chi connectivity index (χ3v) is 1.34. The van der Waals surface area contributed by atoms with Gasteiger partial charge in [0.1, 0.15) is 10.8 Å². The molecule has 0 unspecified atom stereocenters. The average molecular weight is 158 g/mol. The normalized spacial score (nSPS) is 8.40. The molecule has 0 radical (unpaired) electrons. The summed E-state index contributed by atoms with van der Waals surface area (Å²) < 4.78 is 3.95. The molecular formula is C7H14N2S. The maximum atomic E-state index is 4.02. The Morgan fingerprint density at radius 3 is 1.90 bits per heavy atom. The van der Waals surface area contributed by atoms with Gasteiger partial charge in [0.15, 0.2) is 0 Å². The standard InChI is InChI=1S/C4H6N2S.C3H8/c1-3-5-4(2)7-6-3;1-3-2/h1-2H3;3H2,1-2H3. The van der Waals surface area contributed by atoms with Crippen molar-refractivity contribution >= 4 is 11.5 Å². The molecule has 0 amide bonds. The first-order valence-electron chi connectivity index (χ1n) is 3.47. The van der Waals surface area contributed by atoms with E-state index in [0.717, 1.165) is 10.8 Å². The maximum Gasteiger partial charge on any atom is 0.139 e. The van der Waals surface area contributed by atoms with Crippen LogP contribution in [0.4, 0.5) is 0 Å². The van der Waals surface area contributed by atoms with E-state index in [1.807, 2.05) is 13.8 Å². The Morgan fingerprint density at radius 1 is 1.30 bits per heavy atom. The summed E-state index contributed by atoms with van der Waals surface area (Å²) in [5.74, 6) is 0.877.